The smallest absolute Gasteiger partial charge is 0.144 e. The summed E-state index contributed by atoms with van der Waals surface area (Å²) in [5, 5.41) is 4.11. The van der Waals surface area contributed by atoms with Gasteiger partial charge in [-0.15, -0.1) is 11.8 Å². The van der Waals surface area contributed by atoms with E-state index in [4.69, 9.17) is 4.74 Å². The zero-order valence-electron chi connectivity index (χ0n) is 8.79. The number of thioether (sulfide) groups is 1. The minimum absolute atomic E-state index is 0.720. The number of ether oxygens (including phenoxy) is 1. The number of rotatable bonds is 6. The van der Waals surface area contributed by atoms with Crippen molar-refractivity contribution < 1.29 is 4.74 Å². The van der Waals surface area contributed by atoms with E-state index in [1.165, 1.54) is 0 Å². The van der Waals surface area contributed by atoms with Gasteiger partial charge in [-0.25, -0.2) is 9.97 Å². The normalized spacial score (nSPS) is 10.3. The van der Waals surface area contributed by atoms with Crippen molar-refractivity contribution in [3.05, 3.63) is 10.8 Å². The molecular weight excluding hydrogens is 278 g/mol. The second-order valence-electron chi connectivity index (χ2n) is 2.71. The van der Waals surface area contributed by atoms with Crippen LogP contribution >= 0.6 is 27.7 Å². The minimum Gasteiger partial charge on any atom is -0.384 e. The molecule has 4 nitrogen and oxygen atoms in total. The van der Waals surface area contributed by atoms with Crippen molar-refractivity contribution in [2.24, 2.45) is 0 Å². The number of nitrogens with zero attached hydrogens (tertiary/aromatic N) is 2. The Labute approximate surface area is 102 Å². The molecule has 0 aliphatic rings. The van der Waals surface area contributed by atoms with Gasteiger partial charge in [0.15, 0.2) is 0 Å². The number of hydrogen-bond donors (Lipinski definition) is 1. The molecule has 15 heavy (non-hydrogen) atoms. The molecular formula is C9H14BrN3OS. The average molecular weight is 292 g/mol. The van der Waals surface area contributed by atoms with Crippen LogP contribution in [0.15, 0.2) is 15.8 Å². The molecule has 0 aliphatic carbocycles. The molecule has 84 valence electrons. The van der Waals surface area contributed by atoms with Crippen molar-refractivity contribution >= 4 is 33.5 Å². The fraction of sp³-hybridized carbons (Fsp3) is 0.556. The Morgan fingerprint density at radius 2 is 2.33 bits per heavy atom. The van der Waals surface area contributed by atoms with Gasteiger partial charge in [-0.1, -0.05) is 0 Å². The van der Waals surface area contributed by atoms with E-state index in [0.29, 0.717) is 0 Å². The SMILES string of the molecule is CCNc1ncnc(SCCOC)c1Br. The molecule has 1 aromatic heterocycles. The molecule has 1 rings (SSSR count). The van der Waals surface area contributed by atoms with Crippen LogP contribution < -0.4 is 5.32 Å². The Hall–Kier alpha value is -0.330. The van der Waals surface area contributed by atoms with Crippen LogP contribution in [0.4, 0.5) is 5.82 Å². The van der Waals surface area contributed by atoms with E-state index >= 15 is 0 Å². The van der Waals surface area contributed by atoms with Crippen molar-refractivity contribution in [1.82, 2.24) is 9.97 Å². The molecule has 0 unspecified atom stereocenters. The first-order valence-electron chi connectivity index (χ1n) is 4.65. The first-order chi connectivity index (χ1) is 7.29. The largest absolute Gasteiger partial charge is 0.384 e. The van der Waals surface area contributed by atoms with Gasteiger partial charge in [0.25, 0.3) is 0 Å². The van der Waals surface area contributed by atoms with Gasteiger partial charge in [-0.3, -0.25) is 0 Å². The molecule has 0 saturated heterocycles. The maximum atomic E-state index is 4.99. The monoisotopic (exact) mass is 291 g/mol. The van der Waals surface area contributed by atoms with Gasteiger partial charge in [0.05, 0.1) is 11.1 Å². The fourth-order valence-corrected chi connectivity index (χ4v) is 2.44. The van der Waals surface area contributed by atoms with Crippen LogP contribution in [0.2, 0.25) is 0 Å². The molecule has 0 saturated carbocycles. The number of halogens is 1. The summed E-state index contributed by atoms with van der Waals surface area (Å²) >= 11 is 5.13. The Kier molecular flexibility index (Phi) is 5.97. The van der Waals surface area contributed by atoms with Crippen molar-refractivity contribution in [2.75, 3.05) is 31.3 Å². The zero-order chi connectivity index (χ0) is 11.1. The Morgan fingerprint density at radius 1 is 1.53 bits per heavy atom. The molecule has 1 aromatic rings. The summed E-state index contributed by atoms with van der Waals surface area (Å²) in [6.45, 7) is 3.60. The molecule has 0 amide bonds. The molecule has 0 aromatic carbocycles. The molecule has 0 aliphatic heterocycles. The Balaban J connectivity index is 2.66. The van der Waals surface area contributed by atoms with Gasteiger partial charge in [0.2, 0.25) is 0 Å². The molecule has 1 heterocycles. The lowest BCUT2D eigenvalue weighted by Gasteiger charge is -2.07. The first-order valence-corrected chi connectivity index (χ1v) is 6.43. The van der Waals surface area contributed by atoms with Gasteiger partial charge in [0.1, 0.15) is 17.2 Å². The summed E-state index contributed by atoms with van der Waals surface area (Å²) in [5.41, 5.74) is 0. The van der Waals surface area contributed by atoms with Gasteiger partial charge in [-0.2, -0.15) is 0 Å². The fourth-order valence-electron chi connectivity index (χ4n) is 0.967. The quantitative estimate of drug-likeness (QED) is 0.495. The summed E-state index contributed by atoms with van der Waals surface area (Å²) in [7, 11) is 1.69. The Morgan fingerprint density at radius 3 is 3.00 bits per heavy atom. The molecule has 0 bridgehead atoms. The van der Waals surface area contributed by atoms with Crippen LogP contribution in [-0.2, 0) is 4.74 Å². The molecule has 6 heteroatoms. The third-order valence-electron chi connectivity index (χ3n) is 1.63. The van der Waals surface area contributed by atoms with Gasteiger partial charge in [0, 0.05) is 19.4 Å². The standard InChI is InChI=1S/C9H14BrN3OS/c1-3-11-8-7(10)9(13-6-12-8)15-5-4-14-2/h6H,3-5H2,1-2H3,(H,11,12,13). The topological polar surface area (TPSA) is 47.0 Å². The van der Waals surface area contributed by atoms with Gasteiger partial charge < -0.3 is 10.1 Å². The van der Waals surface area contributed by atoms with Gasteiger partial charge >= 0.3 is 0 Å². The average Bonchev–Trinajstić information content (AvgIpc) is 2.24. The number of aromatic nitrogens is 2. The van der Waals surface area contributed by atoms with Crippen molar-refractivity contribution in [3.63, 3.8) is 0 Å². The van der Waals surface area contributed by atoms with Crippen LogP contribution in [-0.4, -0.2) is 36.0 Å². The number of anilines is 1. The van der Waals surface area contributed by atoms with E-state index in [1.54, 1.807) is 25.2 Å². The molecule has 0 radical (unpaired) electrons. The predicted octanol–water partition coefficient (Wildman–Crippen LogP) is 2.41. The lowest BCUT2D eigenvalue weighted by atomic mass is 10.5. The highest BCUT2D eigenvalue weighted by Gasteiger charge is 2.07. The predicted molar refractivity (Wildman–Crippen MR) is 66.5 cm³/mol. The lowest BCUT2D eigenvalue weighted by Crippen LogP contribution is -2.02. The highest BCUT2D eigenvalue weighted by molar-refractivity contribution is 9.10. The number of hydrogen-bond acceptors (Lipinski definition) is 5. The van der Waals surface area contributed by atoms with Crippen LogP contribution in [0.25, 0.3) is 0 Å². The molecule has 1 N–H and O–H groups in total. The highest BCUT2D eigenvalue weighted by atomic mass is 79.9. The zero-order valence-corrected chi connectivity index (χ0v) is 11.2. The number of methoxy groups -OCH3 is 1. The third-order valence-corrected chi connectivity index (χ3v) is 3.60. The summed E-state index contributed by atoms with van der Waals surface area (Å²) in [6, 6.07) is 0. The summed E-state index contributed by atoms with van der Waals surface area (Å²) in [5.74, 6) is 1.73. The molecule has 0 spiro atoms. The van der Waals surface area contributed by atoms with E-state index in [2.05, 4.69) is 31.2 Å². The third kappa shape index (κ3) is 3.96. The van der Waals surface area contributed by atoms with E-state index in [-0.39, 0.29) is 0 Å². The maximum Gasteiger partial charge on any atom is 0.144 e. The van der Waals surface area contributed by atoms with Crippen LogP contribution in [0.3, 0.4) is 0 Å². The second kappa shape index (κ2) is 7.03. The van der Waals surface area contributed by atoms with Crippen LogP contribution in [0.1, 0.15) is 6.92 Å². The van der Waals surface area contributed by atoms with Crippen LogP contribution in [0.5, 0.6) is 0 Å². The second-order valence-corrected chi connectivity index (χ2v) is 4.59. The summed E-state index contributed by atoms with van der Waals surface area (Å²) in [6.07, 6.45) is 1.57. The molecule has 0 atom stereocenters. The summed E-state index contributed by atoms with van der Waals surface area (Å²) in [4.78, 5) is 8.35. The van der Waals surface area contributed by atoms with Gasteiger partial charge in [-0.05, 0) is 22.9 Å². The first kappa shape index (κ1) is 12.7. The van der Waals surface area contributed by atoms with Crippen molar-refractivity contribution in [1.29, 1.82) is 0 Å². The lowest BCUT2D eigenvalue weighted by molar-refractivity contribution is 0.218. The van der Waals surface area contributed by atoms with Crippen molar-refractivity contribution in [2.45, 2.75) is 11.9 Å². The molecule has 0 fully saturated rings. The number of nitrogens with one attached hydrogen (secondary N) is 1. The minimum atomic E-state index is 0.720. The van der Waals surface area contributed by atoms with E-state index in [1.807, 2.05) is 6.92 Å². The van der Waals surface area contributed by atoms with Crippen molar-refractivity contribution in [3.8, 4) is 0 Å². The maximum absolute atomic E-state index is 4.99. The Bertz CT molecular complexity index is 311. The highest BCUT2D eigenvalue weighted by Crippen LogP contribution is 2.29. The summed E-state index contributed by atoms with van der Waals surface area (Å²) < 4.78 is 5.91. The van der Waals surface area contributed by atoms with Crippen LogP contribution in [0, 0.1) is 0 Å². The van der Waals surface area contributed by atoms with E-state index in [0.717, 1.165) is 34.2 Å². The van der Waals surface area contributed by atoms with E-state index in [9.17, 15) is 0 Å². The van der Waals surface area contributed by atoms with E-state index < -0.39 is 0 Å².